The molecule has 264 valence electrons. The zero-order chi connectivity index (χ0) is 34.9. The number of allylic oxidation sites excluding steroid dienone is 3. The van der Waals surface area contributed by atoms with E-state index in [0.29, 0.717) is 48.1 Å². The first-order valence-electron chi connectivity index (χ1n) is 17.9. The number of hydrogen-bond acceptors (Lipinski definition) is 8. The average Bonchev–Trinajstić information content (AvgIpc) is 3.26. The Morgan fingerprint density at radius 1 is 1.06 bits per heavy atom. The first-order chi connectivity index (χ1) is 24.2. The lowest BCUT2D eigenvalue weighted by atomic mass is 10.0. The van der Waals surface area contributed by atoms with Gasteiger partial charge < -0.3 is 39.1 Å². The van der Waals surface area contributed by atoms with E-state index in [-0.39, 0.29) is 22.4 Å². The highest BCUT2D eigenvalue weighted by Crippen LogP contribution is 2.47. The molecule has 1 amide bonds. The van der Waals surface area contributed by atoms with Gasteiger partial charge in [0.15, 0.2) is 17.3 Å². The molecule has 7 rings (SSSR count). The van der Waals surface area contributed by atoms with Crippen LogP contribution in [0.25, 0.3) is 33.6 Å². The number of piperazine rings is 1. The number of rotatable bonds is 12. The number of hydrogen-bond donors (Lipinski definition) is 2. The summed E-state index contributed by atoms with van der Waals surface area (Å²) in [5.41, 5.74) is 2.33. The molecule has 1 fully saturated rings. The number of fused-ring (bicyclic) bond motifs is 5. The van der Waals surface area contributed by atoms with Crippen LogP contribution in [-0.4, -0.2) is 98.2 Å². The molecule has 2 aliphatic heterocycles. The molecule has 4 aromatic rings. The highest BCUT2D eigenvalue weighted by atomic mass is 19.1. The minimum atomic E-state index is -0.598. The second-order valence-electron chi connectivity index (χ2n) is 13.9. The van der Waals surface area contributed by atoms with Crippen molar-refractivity contribution < 1.29 is 18.3 Å². The van der Waals surface area contributed by atoms with Crippen molar-refractivity contribution in [2.24, 2.45) is 0 Å². The van der Waals surface area contributed by atoms with Gasteiger partial charge in [-0.05, 0) is 71.6 Å². The molecule has 4 heterocycles. The van der Waals surface area contributed by atoms with E-state index in [1.165, 1.54) is 6.07 Å². The summed E-state index contributed by atoms with van der Waals surface area (Å²) in [7, 11) is 6.20. The SMILES string of the molecule is CCCC(CCNC(=O)c1cn2c3c(c(NCCCN4CCN(C)CC4)c(F)cc3c1=O)Oc1cc3c4c(oc3cc1-2)C=CC=CC4)N(C)C. The van der Waals surface area contributed by atoms with Crippen LogP contribution in [0.3, 0.4) is 0 Å². The fourth-order valence-corrected chi connectivity index (χ4v) is 7.39. The van der Waals surface area contributed by atoms with Gasteiger partial charge in [-0.3, -0.25) is 9.59 Å². The van der Waals surface area contributed by atoms with Crippen LogP contribution in [0.1, 0.15) is 54.3 Å². The zero-order valence-electron chi connectivity index (χ0n) is 29.5. The summed E-state index contributed by atoms with van der Waals surface area (Å²) in [5.74, 6) is 0.403. The number of anilines is 1. The van der Waals surface area contributed by atoms with Crippen LogP contribution in [0, 0.1) is 5.82 Å². The maximum Gasteiger partial charge on any atom is 0.256 e. The van der Waals surface area contributed by atoms with Gasteiger partial charge in [0.25, 0.3) is 5.91 Å². The summed E-state index contributed by atoms with van der Waals surface area (Å²) in [4.78, 5) is 34.5. The van der Waals surface area contributed by atoms with Crippen molar-refractivity contribution in [1.29, 1.82) is 0 Å². The van der Waals surface area contributed by atoms with E-state index in [4.69, 9.17) is 9.15 Å². The summed E-state index contributed by atoms with van der Waals surface area (Å²) < 4.78 is 30.7. The Bertz CT molecular complexity index is 2040. The van der Waals surface area contributed by atoms with Gasteiger partial charge in [-0.1, -0.05) is 31.6 Å². The number of nitrogens with zero attached hydrogens (tertiary/aromatic N) is 4. The van der Waals surface area contributed by atoms with Gasteiger partial charge in [-0.2, -0.15) is 0 Å². The van der Waals surface area contributed by atoms with Crippen LogP contribution >= 0.6 is 0 Å². The fourth-order valence-electron chi connectivity index (χ4n) is 7.39. The predicted molar refractivity (Wildman–Crippen MR) is 198 cm³/mol. The van der Waals surface area contributed by atoms with E-state index in [2.05, 4.69) is 45.4 Å². The van der Waals surface area contributed by atoms with E-state index >= 15 is 4.39 Å². The van der Waals surface area contributed by atoms with Gasteiger partial charge in [0.1, 0.15) is 28.1 Å². The number of pyridine rings is 1. The van der Waals surface area contributed by atoms with Crippen molar-refractivity contribution in [1.82, 2.24) is 24.6 Å². The van der Waals surface area contributed by atoms with Crippen LogP contribution < -0.4 is 20.8 Å². The number of carbonyl (C=O) groups is 1. The molecule has 10 nitrogen and oxygen atoms in total. The van der Waals surface area contributed by atoms with E-state index in [0.717, 1.165) is 75.1 Å². The summed E-state index contributed by atoms with van der Waals surface area (Å²) >= 11 is 0. The van der Waals surface area contributed by atoms with Gasteiger partial charge in [-0.25, -0.2) is 4.39 Å². The molecule has 2 N–H and O–H groups in total. The van der Waals surface area contributed by atoms with E-state index in [1.807, 2.05) is 44.5 Å². The Morgan fingerprint density at radius 3 is 2.66 bits per heavy atom. The molecule has 3 aliphatic rings. The smallest absolute Gasteiger partial charge is 0.256 e. The molecular formula is C39H47FN6O4. The van der Waals surface area contributed by atoms with Crippen LogP contribution in [-0.2, 0) is 6.42 Å². The fraction of sp³-hybridized carbons (Fsp3) is 0.436. The van der Waals surface area contributed by atoms with Crippen molar-refractivity contribution in [3.8, 4) is 17.2 Å². The van der Waals surface area contributed by atoms with Crippen LogP contribution in [0.4, 0.5) is 10.1 Å². The van der Waals surface area contributed by atoms with Gasteiger partial charge in [0.05, 0.1) is 11.1 Å². The lowest BCUT2D eigenvalue weighted by molar-refractivity contribution is 0.0948. The summed E-state index contributed by atoms with van der Waals surface area (Å²) in [6.07, 6.45) is 13.8. The molecule has 50 heavy (non-hydrogen) atoms. The van der Waals surface area contributed by atoms with Gasteiger partial charge >= 0.3 is 0 Å². The molecule has 2 aromatic carbocycles. The molecule has 1 unspecified atom stereocenters. The van der Waals surface area contributed by atoms with Crippen molar-refractivity contribution in [2.75, 3.05) is 72.3 Å². The summed E-state index contributed by atoms with van der Waals surface area (Å²) in [5, 5.41) is 7.24. The first kappa shape index (κ1) is 34.0. The Hall–Kier alpha value is -4.45. The monoisotopic (exact) mass is 682 g/mol. The molecular weight excluding hydrogens is 635 g/mol. The van der Waals surface area contributed by atoms with Crippen molar-refractivity contribution in [2.45, 2.75) is 45.1 Å². The molecule has 2 aromatic heterocycles. The van der Waals surface area contributed by atoms with Crippen LogP contribution in [0.5, 0.6) is 11.5 Å². The normalized spacial score (nSPS) is 16.4. The number of amides is 1. The quantitative estimate of drug-likeness (QED) is 0.155. The molecule has 1 atom stereocenters. The lowest BCUT2D eigenvalue weighted by Gasteiger charge is -2.32. The third-order valence-corrected chi connectivity index (χ3v) is 10.3. The second kappa shape index (κ2) is 14.4. The number of likely N-dealkylation sites (N-methyl/N-ethyl adjacent to an activating group) is 1. The largest absolute Gasteiger partial charge is 0.456 e. The van der Waals surface area contributed by atoms with E-state index in [1.54, 1.807) is 10.8 Å². The number of benzene rings is 2. The summed E-state index contributed by atoms with van der Waals surface area (Å²) in [6, 6.07) is 5.34. The minimum absolute atomic E-state index is 0.0520. The third-order valence-electron chi connectivity index (χ3n) is 10.3. The van der Waals surface area contributed by atoms with E-state index < -0.39 is 17.2 Å². The maximum absolute atomic E-state index is 16.1. The van der Waals surface area contributed by atoms with Crippen molar-refractivity contribution >= 4 is 39.5 Å². The Kier molecular flexibility index (Phi) is 9.81. The molecule has 11 heteroatoms. The minimum Gasteiger partial charge on any atom is -0.456 e. The highest BCUT2D eigenvalue weighted by Gasteiger charge is 2.30. The van der Waals surface area contributed by atoms with Gasteiger partial charge in [0, 0.05) is 68.5 Å². The predicted octanol–water partition coefficient (Wildman–Crippen LogP) is 6.01. The molecule has 0 spiro atoms. The Morgan fingerprint density at radius 2 is 1.88 bits per heavy atom. The standard InChI is InChI=1S/C39H47FN6O4/c1-5-10-25(43(2)3)13-15-42-39(48)29-24-46-31-23-33-27(26-11-7-6-8-12-32(26)49-33)22-34(31)50-38-35(30(40)21-28(36(38)46)37(29)47)41-14-9-16-45-19-17-44(4)18-20-45/h6-8,12,21-25,41H,5,9-11,13-20H2,1-4H3,(H,42,48). The molecule has 1 aliphatic carbocycles. The first-order valence-corrected chi connectivity index (χ1v) is 17.9. The lowest BCUT2D eigenvalue weighted by Crippen LogP contribution is -2.44. The number of aromatic nitrogens is 1. The average molecular weight is 683 g/mol. The highest BCUT2D eigenvalue weighted by molar-refractivity contribution is 6.02. The number of furan rings is 1. The number of nitrogens with one attached hydrogen (secondary N) is 2. The van der Waals surface area contributed by atoms with Crippen LogP contribution in [0.15, 0.2) is 51.8 Å². The molecule has 1 saturated heterocycles. The molecule has 0 saturated carbocycles. The molecule has 0 radical (unpaired) electrons. The van der Waals surface area contributed by atoms with Gasteiger partial charge in [-0.15, -0.1) is 0 Å². The number of ether oxygens (including phenoxy) is 1. The van der Waals surface area contributed by atoms with Crippen molar-refractivity contribution in [3.05, 3.63) is 75.6 Å². The van der Waals surface area contributed by atoms with Crippen LogP contribution in [0.2, 0.25) is 0 Å². The second-order valence-corrected chi connectivity index (χ2v) is 13.9. The number of carbonyl (C=O) groups excluding carboxylic acids is 1. The Labute approximate surface area is 292 Å². The van der Waals surface area contributed by atoms with E-state index in [9.17, 15) is 9.59 Å². The zero-order valence-corrected chi connectivity index (χ0v) is 29.5. The third kappa shape index (κ3) is 6.57. The summed E-state index contributed by atoms with van der Waals surface area (Å²) in [6.45, 7) is 8.09. The number of halogens is 1. The molecule has 0 bridgehead atoms. The van der Waals surface area contributed by atoms with Gasteiger partial charge in [0.2, 0.25) is 5.43 Å². The maximum atomic E-state index is 16.1. The van der Waals surface area contributed by atoms with Crippen molar-refractivity contribution in [3.63, 3.8) is 0 Å². The topological polar surface area (TPSA) is 95.2 Å². The Balaban J connectivity index is 1.26.